The summed E-state index contributed by atoms with van der Waals surface area (Å²) in [7, 11) is 0. The summed E-state index contributed by atoms with van der Waals surface area (Å²) in [5.74, 6) is 1.92. The van der Waals surface area contributed by atoms with Gasteiger partial charge in [-0.25, -0.2) is 9.97 Å². The second-order valence-corrected chi connectivity index (χ2v) is 3.76. The number of nitrogens with one attached hydrogen (secondary N) is 1. The van der Waals surface area contributed by atoms with Gasteiger partial charge >= 0.3 is 0 Å². The van der Waals surface area contributed by atoms with E-state index >= 15 is 0 Å². The van der Waals surface area contributed by atoms with Gasteiger partial charge in [0.15, 0.2) is 0 Å². The van der Waals surface area contributed by atoms with Crippen LogP contribution in [0.4, 0.5) is 11.6 Å². The molecule has 5 heteroatoms. The zero-order valence-electron chi connectivity index (χ0n) is 8.65. The average molecular weight is 208 g/mol. The van der Waals surface area contributed by atoms with Gasteiger partial charge < -0.3 is 15.8 Å². The number of nitrogens with two attached hydrogens (primary N) is 1. The fourth-order valence-electron chi connectivity index (χ4n) is 1.63. The maximum atomic E-state index is 5.45. The van der Waals surface area contributed by atoms with Crippen molar-refractivity contribution in [1.82, 2.24) is 9.97 Å². The number of nitrogen functional groups attached to an aromatic ring is 1. The maximum absolute atomic E-state index is 5.45. The molecule has 2 heterocycles. The number of ether oxygens (including phenoxy) is 1. The molecule has 0 atom stereocenters. The van der Waals surface area contributed by atoms with E-state index in [1.807, 2.05) is 0 Å². The van der Waals surface area contributed by atoms with Crippen LogP contribution in [-0.2, 0) is 4.74 Å². The van der Waals surface area contributed by atoms with Crippen molar-refractivity contribution in [1.29, 1.82) is 0 Å². The van der Waals surface area contributed by atoms with Gasteiger partial charge in [-0.15, -0.1) is 0 Å². The predicted molar refractivity (Wildman–Crippen MR) is 58.5 cm³/mol. The number of aromatic nitrogens is 2. The molecule has 1 aromatic rings. The molecule has 1 saturated heterocycles. The molecule has 3 N–H and O–H groups in total. The lowest BCUT2D eigenvalue weighted by atomic mass is 10.0. The standard InChI is InChI=1S/C10H16N4O/c11-9-6-14-10(7-12-9)13-5-8-1-3-15-4-2-8/h6-8H,1-5H2,(H2,11,12)(H,13,14). The Morgan fingerprint density at radius 1 is 1.33 bits per heavy atom. The lowest BCUT2D eigenvalue weighted by Crippen LogP contribution is -2.22. The first-order chi connectivity index (χ1) is 7.34. The summed E-state index contributed by atoms with van der Waals surface area (Å²) >= 11 is 0. The summed E-state index contributed by atoms with van der Waals surface area (Å²) in [5, 5.41) is 3.26. The molecule has 5 nitrogen and oxygen atoms in total. The zero-order chi connectivity index (χ0) is 10.5. The minimum Gasteiger partial charge on any atom is -0.382 e. The number of hydrogen-bond donors (Lipinski definition) is 2. The van der Waals surface area contributed by atoms with E-state index in [-0.39, 0.29) is 0 Å². The monoisotopic (exact) mass is 208 g/mol. The highest BCUT2D eigenvalue weighted by atomic mass is 16.5. The maximum Gasteiger partial charge on any atom is 0.144 e. The van der Waals surface area contributed by atoms with Gasteiger partial charge in [-0.1, -0.05) is 0 Å². The molecule has 82 valence electrons. The molecule has 0 aliphatic carbocycles. The lowest BCUT2D eigenvalue weighted by molar-refractivity contribution is 0.0699. The van der Waals surface area contributed by atoms with Crippen LogP contribution in [0.15, 0.2) is 12.4 Å². The topological polar surface area (TPSA) is 73.1 Å². The largest absolute Gasteiger partial charge is 0.382 e. The number of nitrogens with zero attached hydrogens (tertiary/aromatic N) is 2. The van der Waals surface area contributed by atoms with Crippen molar-refractivity contribution in [2.45, 2.75) is 12.8 Å². The smallest absolute Gasteiger partial charge is 0.144 e. The van der Waals surface area contributed by atoms with E-state index in [1.54, 1.807) is 12.4 Å². The van der Waals surface area contributed by atoms with Crippen molar-refractivity contribution in [2.75, 3.05) is 30.8 Å². The zero-order valence-corrected chi connectivity index (χ0v) is 8.65. The molecular formula is C10H16N4O. The van der Waals surface area contributed by atoms with Crippen molar-refractivity contribution in [2.24, 2.45) is 5.92 Å². The van der Waals surface area contributed by atoms with E-state index in [9.17, 15) is 0 Å². The molecule has 1 aliphatic rings. The third kappa shape index (κ3) is 3.06. The van der Waals surface area contributed by atoms with Crippen LogP contribution in [0.5, 0.6) is 0 Å². The molecule has 2 rings (SSSR count). The second-order valence-electron chi connectivity index (χ2n) is 3.76. The minimum absolute atomic E-state index is 0.451. The first kappa shape index (κ1) is 10.2. The minimum atomic E-state index is 0.451. The van der Waals surface area contributed by atoms with Gasteiger partial charge in [-0.05, 0) is 18.8 Å². The van der Waals surface area contributed by atoms with E-state index < -0.39 is 0 Å². The van der Waals surface area contributed by atoms with E-state index in [1.165, 1.54) is 0 Å². The Morgan fingerprint density at radius 2 is 2.13 bits per heavy atom. The Hall–Kier alpha value is -1.36. The SMILES string of the molecule is Nc1cnc(NCC2CCOCC2)cn1. The molecule has 1 aromatic heterocycles. The molecule has 0 radical (unpaired) electrons. The quantitative estimate of drug-likeness (QED) is 0.772. The summed E-state index contributed by atoms with van der Waals surface area (Å²) in [5.41, 5.74) is 5.45. The Bertz CT molecular complexity index is 295. The summed E-state index contributed by atoms with van der Waals surface area (Å²) < 4.78 is 5.30. The van der Waals surface area contributed by atoms with Crippen molar-refractivity contribution >= 4 is 11.6 Å². The number of rotatable bonds is 3. The van der Waals surface area contributed by atoms with Gasteiger partial charge in [0.2, 0.25) is 0 Å². The Labute approximate surface area is 89.1 Å². The lowest BCUT2D eigenvalue weighted by Gasteiger charge is -2.22. The molecule has 0 amide bonds. The number of hydrogen-bond acceptors (Lipinski definition) is 5. The van der Waals surface area contributed by atoms with Gasteiger partial charge in [0.25, 0.3) is 0 Å². The van der Waals surface area contributed by atoms with E-state index in [4.69, 9.17) is 10.5 Å². The van der Waals surface area contributed by atoms with Crippen LogP contribution in [-0.4, -0.2) is 29.7 Å². The van der Waals surface area contributed by atoms with Crippen molar-refractivity contribution in [3.8, 4) is 0 Å². The summed E-state index contributed by atoms with van der Waals surface area (Å²) in [6.07, 6.45) is 5.46. The van der Waals surface area contributed by atoms with Crippen LogP contribution >= 0.6 is 0 Å². The normalized spacial score (nSPS) is 17.6. The summed E-state index contributed by atoms with van der Waals surface area (Å²) in [6, 6.07) is 0. The Kier molecular flexibility index (Phi) is 3.34. The van der Waals surface area contributed by atoms with Crippen LogP contribution in [0, 0.1) is 5.92 Å². The first-order valence-electron chi connectivity index (χ1n) is 5.24. The van der Waals surface area contributed by atoms with Crippen LogP contribution in [0.3, 0.4) is 0 Å². The molecule has 0 unspecified atom stereocenters. The van der Waals surface area contributed by atoms with Gasteiger partial charge in [0.1, 0.15) is 11.6 Å². The molecule has 1 aliphatic heterocycles. The second kappa shape index (κ2) is 4.93. The fraction of sp³-hybridized carbons (Fsp3) is 0.600. The first-order valence-corrected chi connectivity index (χ1v) is 5.24. The highest BCUT2D eigenvalue weighted by Gasteiger charge is 2.13. The fourth-order valence-corrected chi connectivity index (χ4v) is 1.63. The molecule has 0 bridgehead atoms. The molecular weight excluding hydrogens is 192 g/mol. The van der Waals surface area contributed by atoms with Gasteiger partial charge in [0.05, 0.1) is 12.4 Å². The van der Waals surface area contributed by atoms with Crippen LogP contribution in [0.25, 0.3) is 0 Å². The van der Waals surface area contributed by atoms with Crippen molar-refractivity contribution in [3.05, 3.63) is 12.4 Å². The van der Waals surface area contributed by atoms with Crippen molar-refractivity contribution < 1.29 is 4.74 Å². The van der Waals surface area contributed by atoms with Gasteiger partial charge in [-0.2, -0.15) is 0 Å². The van der Waals surface area contributed by atoms with Crippen LogP contribution in [0.2, 0.25) is 0 Å². The van der Waals surface area contributed by atoms with Gasteiger partial charge in [0, 0.05) is 19.8 Å². The van der Waals surface area contributed by atoms with E-state index in [2.05, 4.69) is 15.3 Å². The van der Waals surface area contributed by atoms with Crippen LogP contribution < -0.4 is 11.1 Å². The third-order valence-electron chi connectivity index (χ3n) is 2.58. The molecule has 1 fully saturated rings. The van der Waals surface area contributed by atoms with Crippen LogP contribution in [0.1, 0.15) is 12.8 Å². The highest BCUT2D eigenvalue weighted by molar-refractivity contribution is 5.35. The highest BCUT2D eigenvalue weighted by Crippen LogP contribution is 2.15. The van der Waals surface area contributed by atoms with Gasteiger partial charge in [-0.3, -0.25) is 0 Å². The van der Waals surface area contributed by atoms with E-state index in [0.717, 1.165) is 38.4 Å². The predicted octanol–water partition coefficient (Wildman–Crippen LogP) is 0.897. The van der Waals surface area contributed by atoms with Crippen molar-refractivity contribution in [3.63, 3.8) is 0 Å². The third-order valence-corrected chi connectivity index (χ3v) is 2.58. The molecule has 15 heavy (non-hydrogen) atoms. The molecule has 0 aromatic carbocycles. The number of anilines is 2. The molecule has 0 saturated carbocycles. The Morgan fingerprint density at radius 3 is 2.80 bits per heavy atom. The summed E-state index contributed by atoms with van der Waals surface area (Å²) in [4.78, 5) is 8.10. The van der Waals surface area contributed by atoms with E-state index in [0.29, 0.717) is 11.7 Å². The average Bonchev–Trinajstić information content (AvgIpc) is 2.30. The summed E-state index contributed by atoms with van der Waals surface area (Å²) in [6.45, 7) is 2.68. The Balaban J connectivity index is 1.79. The molecule has 0 spiro atoms.